The molecule has 1 aliphatic heterocycles. The number of rotatable bonds is 6. The average Bonchev–Trinajstić information content (AvgIpc) is 3.32. The number of benzene rings is 2. The monoisotopic (exact) mass is 468 g/mol. The molecule has 0 spiro atoms. The first kappa shape index (κ1) is 22.7. The molecule has 2 heterocycles. The Hall–Kier alpha value is -2.48. The Balaban J connectivity index is 1.44. The number of aryl methyl sites for hydroxylation is 2. The maximum absolute atomic E-state index is 13.1. The zero-order valence-electron chi connectivity index (χ0n) is 18.3. The Kier molecular flexibility index (Phi) is 6.79. The number of thiophene rings is 1. The molecule has 5 nitrogen and oxygen atoms in total. The van der Waals surface area contributed by atoms with Crippen LogP contribution in [-0.4, -0.2) is 31.7 Å². The van der Waals surface area contributed by atoms with Crippen LogP contribution in [-0.2, 0) is 14.8 Å². The number of piperidine rings is 1. The van der Waals surface area contributed by atoms with Gasteiger partial charge in [0, 0.05) is 23.9 Å². The highest BCUT2D eigenvalue weighted by Crippen LogP contribution is 2.29. The van der Waals surface area contributed by atoms with Crippen LogP contribution < -0.4 is 5.32 Å². The summed E-state index contributed by atoms with van der Waals surface area (Å²) in [5.41, 5.74) is 2.83. The normalized spacial score (nSPS) is 16.6. The van der Waals surface area contributed by atoms with Crippen LogP contribution in [0.2, 0.25) is 0 Å². The van der Waals surface area contributed by atoms with Crippen molar-refractivity contribution in [3.63, 3.8) is 0 Å². The van der Waals surface area contributed by atoms with Gasteiger partial charge in [-0.15, -0.1) is 11.3 Å². The number of carbonyl (C=O) groups is 1. The average molecular weight is 469 g/mol. The van der Waals surface area contributed by atoms with Gasteiger partial charge in [-0.05, 0) is 55.3 Å². The fourth-order valence-electron chi connectivity index (χ4n) is 4.27. The van der Waals surface area contributed by atoms with Crippen molar-refractivity contribution >= 4 is 27.3 Å². The molecule has 1 fully saturated rings. The van der Waals surface area contributed by atoms with Crippen LogP contribution in [0.25, 0.3) is 0 Å². The van der Waals surface area contributed by atoms with Gasteiger partial charge in [-0.1, -0.05) is 54.1 Å². The van der Waals surface area contributed by atoms with E-state index >= 15 is 0 Å². The molecule has 0 unspecified atom stereocenters. The topological polar surface area (TPSA) is 66.5 Å². The van der Waals surface area contributed by atoms with Crippen LogP contribution in [0, 0.1) is 19.8 Å². The Morgan fingerprint density at radius 2 is 1.75 bits per heavy atom. The third-order valence-electron chi connectivity index (χ3n) is 6.02. The van der Waals surface area contributed by atoms with Crippen molar-refractivity contribution in [2.45, 2.75) is 37.6 Å². The predicted octanol–water partition coefficient (Wildman–Crippen LogP) is 4.67. The fraction of sp³-hybridized carbons (Fsp3) is 0.320. The summed E-state index contributed by atoms with van der Waals surface area (Å²) < 4.78 is 27.8. The summed E-state index contributed by atoms with van der Waals surface area (Å²) in [6, 6.07) is 19.2. The van der Waals surface area contributed by atoms with Crippen molar-refractivity contribution in [1.29, 1.82) is 0 Å². The van der Waals surface area contributed by atoms with Gasteiger partial charge in [0.25, 0.3) is 0 Å². The minimum absolute atomic E-state index is 0.0178. The summed E-state index contributed by atoms with van der Waals surface area (Å²) in [7, 11) is -3.56. The molecule has 1 amide bonds. The van der Waals surface area contributed by atoms with Crippen molar-refractivity contribution in [1.82, 2.24) is 9.62 Å². The largest absolute Gasteiger partial charge is 0.344 e. The molecule has 0 bridgehead atoms. The minimum Gasteiger partial charge on any atom is -0.344 e. The van der Waals surface area contributed by atoms with Crippen molar-refractivity contribution in [2.75, 3.05) is 13.1 Å². The quantitative estimate of drug-likeness (QED) is 0.572. The SMILES string of the molecule is Cc1ccc(S(=O)(=O)N2CCC(C(=O)N[C@H](c3ccccc3)c3cccs3)CC2)c(C)c1. The van der Waals surface area contributed by atoms with Crippen LogP contribution in [0.4, 0.5) is 0 Å². The summed E-state index contributed by atoms with van der Waals surface area (Å²) >= 11 is 1.62. The Bertz CT molecular complexity index is 1170. The molecule has 0 aliphatic carbocycles. The number of sulfonamides is 1. The molecule has 4 rings (SSSR count). The molecule has 2 aromatic carbocycles. The van der Waals surface area contributed by atoms with Crippen molar-refractivity contribution in [2.24, 2.45) is 5.92 Å². The first-order chi connectivity index (χ1) is 15.4. The summed E-state index contributed by atoms with van der Waals surface area (Å²) in [5, 5.41) is 5.22. The highest BCUT2D eigenvalue weighted by molar-refractivity contribution is 7.89. The summed E-state index contributed by atoms with van der Waals surface area (Å²) in [6.07, 6.45) is 1.03. The zero-order chi connectivity index (χ0) is 22.7. The molecular formula is C25H28N2O3S2. The van der Waals surface area contributed by atoms with E-state index in [0.717, 1.165) is 21.6 Å². The van der Waals surface area contributed by atoms with Crippen LogP contribution in [0.3, 0.4) is 0 Å². The van der Waals surface area contributed by atoms with E-state index in [9.17, 15) is 13.2 Å². The van der Waals surface area contributed by atoms with Crippen molar-refractivity contribution in [3.8, 4) is 0 Å². The Morgan fingerprint density at radius 1 is 1.03 bits per heavy atom. The number of hydrogen-bond acceptors (Lipinski definition) is 4. The van der Waals surface area contributed by atoms with Crippen molar-refractivity contribution < 1.29 is 13.2 Å². The Labute approximate surface area is 194 Å². The maximum Gasteiger partial charge on any atom is 0.243 e. The smallest absolute Gasteiger partial charge is 0.243 e. The van der Waals surface area contributed by atoms with Gasteiger partial charge in [0.2, 0.25) is 15.9 Å². The van der Waals surface area contributed by atoms with Crippen LogP contribution in [0.1, 0.15) is 40.5 Å². The molecular weight excluding hydrogens is 440 g/mol. The highest BCUT2D eigenvalue weighted by atomic mass is 32.2. The first-order valence-electron chi connectivity index (χ1n) is 10.8. The molecule has 1 N–H and O–H groups in total. The van der Waals surface area contributed by atoms with E-state index in [1.54, 1.807) is 17.4 Å². The number of amides is 1. The van der Waals surface area contributed by atoms with E-state index in [2.05, 4.69) is 5.32 Å². The first-order valence-corrected chi connectivity index (χ1v) is 13.1. The Morgan fingerprint density at radius 3 is 2.38 bits per heavy atom. The second-order valence-electron chi connectivity index (χ2n) is 8.32. The van der Waals surface area contributed by atoms with Gasteiger partial charge < -0.3 is 5.32 Å². The molecule has 0 radical (unpaired) electrons. The third kappa shape index (κ3) is 4.80. The lowest BCUT2D eigenvalue weighted by molar-refractivity contribution is -0.126. The molecule has 1 aromatic heterocycles. The zero-order valence-corrected chi connectivity index (χ0v) is 20.0. The molecule has 1 saturated heterocycles. The van der Waals surface area contributed by atoms with Crippen LogP contribution in [0.15, 0.2) is 70.9 Å². The molecule has 1 aliphatic rings. The van der Waals surface area contributed by atoms with E-state index < -0.39 is 10.0 Å². The lowest BCUT2D eigenvalue weighted by Gasteiger charge is -2.32. The van der Waals surface area contributed by atoms with Crippen LogP contribution >= 0.6 is 11.3 Å². The van der Waals surface area contributed by atoms with Gasteiger partial charge >= 0.3 is 0 Å². The second kappa shape index (κ2) is 9.57. The van der Waals surface area contributed by atoms with E-state index in [0.29, 0.717) is 30.8 Å². The third-order valence-corrected chi connectivity index (χ3v) is 9.02. The summed E-state index contributed by atoms with van der Waals surface area (Å²) in [5.74, 6) is -0.220. The number of nitrogens with zero attached hydrogens (tertiary/aromatic N) is 1. The minimum atomic E-state index is -3.56. The molecule has 1 atom stereocenters. The van der Waals surface area contributed by atoms with E-state index in [1.165, 1.54) is 4.31 Å². The fourth-order valence-corrected chi connectivity index (χ4v) is 6.74. The number of carbonyl (C=O) groups excluding carboxylic acids is 1. The summed E-state index contributed by atoms with van der Waals surface area (Å²) in [6.45, 7) is 4.48. The number of nitrogens with one attached hydrogen (secondary N) is 1. The number of hydrogen-bond donors (Lipinski definition) is 1. The maximum atomic E-state index is 13.1. The standard InChI is InChI=1S/C25H28N2O3S2/c1-18-10-11-23(19(2)17-18)32(29,30)27-14-12-21(13-15-27)25(28)26-24(22-9-6-16-31-22)20-7-4-3-5-8-20/h3-11,16-17,21,24H,12-15H2,1-2H3,(H,26,28)/t24-/m1/s1. The highest BCUT2D eigenvalue weighted by Gasteiger charge is 2.33. The lowest BCUT2D eigenvalue weighted by Crippen LogP contribution is -2.43. The predicted molar refractivity (Wildman–Crippen MR) is 128 cm³/mol. The molecule has 3 aromatic rings. The van der Waals surface area contributed by atoms with Crippen molar-refractivity contribution in [3.05, 3.63) is 87.6 Å². The lowest BCUT2D eigenvalue weighted by atomic mass is 9.96. The van der Waals surface area contributed by atoms with E-state index in [1.807, 2.05) is 73.8 Å². The van der Waals surface area contributed by atoms with Gasteiger partial charge in [0.05, 0.1) is 10.9 Å². The van der Waals surface area contributed by atoms with Gasteiger partial charge in [0.1, 0.15) is 0 Å². The van der Waals surface area contributed by atoms with Gasteiger partial charge in [-0.3, -0.25) is 4.79 Å². The van der Waals surface area contributed by atoms with E-state index in [-0.39, 0.29) is 17.9 Å². The second-order valence-corrected chi connectivity index (χ2v) is 11.2. The molecule has 32 heavy (non-hydrogen) atoms. The summed E-state index contributed by atoms with van der Waals surface area (Å²) in [4.78, 5) is 14.6. The molecule has 0 saturated carbocycles. The molecule has 7 heteroatoms. The van der Waals surface area contributed by atoms with Gasteiger partial charge in [0.15, 0.2) is 0 Å². The van der Waals surface area contributed by atoms with Gasteiger partial charge in [-0.2, -0.15) is 4.31 Å². The molecule has 168 valence electrons. The van der Waals surface area contributed by atoms with Gasteiger partial charge in [-0.25, -0.2) is 8.42 Å². The van der Waals surface area contributed by atoms with Crippen LogP contribution in [0.5, 0.6) is 0 Å². The van der Waals surface area contributed by atoms with E-state index in [4.69, 9.17) is 0 Å².